The Bertz CT molecular complexity index is 978. The van der Waals surface area contributed by atoms with Crippen LogP contribution in [-0.4, -0.2) is 48.3 Å². The number of hydrogen-bond donors (Lipinski definition) is 3. The molecule has 0 unspecified atom stereocenters. The van der Waals surface area contributed by atoms with Crippen molar-refractivity contribution in [3.8, 4) is 0 Å². The third kappa shape index (κ3) is 5.04. The third-order valence-corrected chi connectivity index (χ3v) is 14.0. The molecule has 4 aliphatic carbocycles. The molecule has 38 heavy (non-hydrogen) atoms. The number of hydrogen-bond acceptors (Lipinski definition) is 6. The maximum Gasteiger partial charge on any atom is 0.420 e. The Morgan fingerprint density at radius 2 is 1.66 bits per heavy atom. The molecular formula is C30H53NO6S. The molecule has 4 fully saturated rings. The molecule has 7 nitrogen and oxygen atoms in total. The fourth-order valence-electron chi connectivity index (χ4n) is 9.76. The van der Waals surface area contributed by atoms with Crippen molar-refractivity contribution in [1.82, 2.24) is 4.72 Å². The maximum absolute atomic E-state index is 12.2. The van der Waals surface area contributed by atoms with Gasteiger partial charge >= 0.3 is 6.09 Å². The van der Waals surface area contributed by atoms with Gasteiger partial charge in [-0.15, -0.1) is 0 Å². The molecule has 0 aromatic carbocycles. The van der Waals surface area contributed by atoms with Crippen LogP contribution in [0.1, 0.15) is 106 Å². The highest BCUT2D eigenvalue weighted by Gasteiger charge is 2.64. The number of amides is 1. The van der Waals surface area contributed by atoms with Crippen LogP contribution in [0.2, 0.25) is 0 Å². The first-order valence-electron chi connectivity index (χ1n) is 15.1. The summed E-state index contributed by atoms with van der Waals surface area (Å²) in [5.74, 6) is 2.81. The summed E-state index contributed by atoms with van der Waals surface area (Å²) < 4.78 is 30.7. The molecule has 4 saturated carbocycles. The molecule has 4 rings (SSSR count). The zero-order valence-corrected chi connectivity index (χ0v) is 25.5. The van der Waals surface area contributed by atoms with Crippen LogP contribution < -0.4 is 4.72 Å². The first-order chi connectivity index (χ1) is 17.6. The van der Waals surface area contributed by atoms with Crippen LogP contribution in [0.5, 0.6) is 0 Å². The molecule has 0 aromatic rings. The summed E-state index contributed by atoms with van der Waals surface area (Å²) in [7, 11) is -3.79. The van der Waals surface area contributed by atoms with E-state index in [9.17, 15) is 23.4 Å². The molecule has 3 N–H and O–H groups in total. The lowest BCUT2D eigenvalue weighted by molar-refractivity contribution is -0.203. The van der Waals surface area contributed by atoms with Gasteiger partial charge in [-0.25, -0.2) is 17.9 Å². The minimum absolute atomic E-state index is 0.148. The van der Waals surface area contributed by atoms with E-state index >= 15 is 0 Å². The van der Waals surface area contributed by atoms with Gasteiger partial charge in [0.1, 0.15) is 0 Å². The molecule has 0 heterocycles. The van der Waals surface area contributed by atoms with Gasteiger partial charge in [0.25, 0.3) is 0 Å². The average molecular weight is 556 g/mol. The minimum atomic E-state index is -3.79. The summed E-state index contributed by atoms with van der Waals surface area (Å²) in [6, 6.07) is 0. The highest BCUT2D eigenvalue weighted by Crippen LogP contribution is 2.69. The van der Waals surface area contributed by atoms with E-state index in [1.54, 1.807) is 20.8 Å². The zero-order valence-electron chi connectivity index (χ0n) is 24.7. The van der Waals surface area contributed by atoms with Gasteiger partial charge in [0, 0.05) is 0 Å². The number of carbonyl (C=O) groups is 1. The Kier molecular flexibility index (Phi) is 8.33. The molecule has 0 spiro atoms. The van der Waals surface area contributed by atoms with Crippen molar-refractivity contribution in [1.29, 1.82) is 0 Å². The van der Waals surface area contributed by atoms with Gasteiger partial charge in [0.05, 0.1) is 23.6 Å². The fraction of sp³-hybridized carbons (Fsp3) is 0.967. The first-order valence-corrected chi connectivity index (χ1v) is 16.6. The summed E-state index contributed by atoms with van der Waals surface area (Å²) in [6.07, 6.45) is 7.57. The summed E-state index contributed by atoms with van der Waals surface area (Å²) in [4.78, 5) is 12.2. The Labute approximate surface area is 230 Å². The molecule has 0 aliphatic heterocycles. The van der Waals surface area contributed by atoms with Crippen LogP contribution >= 0.6 is 0 Å². The Balaban J connectivity index is 1.43. The number of sulfonamides is 1. The Morgan fingerprint density at radius 1 is 1.03 bits per heavy atom. The average Bonchev–Trinajstić information content (AvgIpc) is 3.16. The molecule has 4 aliphatic rings. The molecular weight excluding hydrogens is 502 g/mol. The van der Waals surface area contributed by atoms with E-state index in [-0.39, 0.29) is 35.6 Å². The number of carbonyl (C=O) groups excluding carboxylic acids is 1. The van der Waals surface area contributed by atoms with Crippen LogP contribution in [-0.2, 0) is 14.8 Å². The van der Waals surface area contributed by atoms with Gasteiger partial charge in [-0.3, -0.25) is 0 Å². The van der Waals surface area contributed by atoms with E-state index in [0.717, 1.165) is 51.4 Å². The fourth-order valence-corrected chi connectivity index (χ4v) is 10.3. The van der Waals surface area contributed by atoms with Gasteiger partial charge in [-0.1, -0.05) is 34.1 Å². The Hall–Kier alpha value is -0.860. The van der Waals surface area contributed by atoms with E-state index in [2.05, 4.69) is 27.7 Å². The zero-order chi connectivity index (χ0) is 28.3. The van der Waals surface area contributed by atoms with Crippen LogP contribution in [0.4, 0.5) is 4.79 Å². The van der Waals surface area contributed by atoms with Crippen molar-refractivity contribution in [2.45, 2.75) is 123 Å². The van der Waals surface area contributed by atoms with Gasteiger partial charge in [0.15, 0.2) is 0 Å². The molecule has 11 atom stereocenters. The van der Waals surface area contributed by atoms with E-state index in [0.29, 0.717) is 41.9 Å². The SMILES string of the molecule is CC[C@H]1[C@@H](O)[C@@H]2[C@H](CC[C@]3(C)[C@@H]([C@H](C)CCOC(=O)NS(=O)(=O)C(C)(C)C)CC[C@@H]23)[C@@]2(C)CC[C@@H](O)C[C@@H]12. The van der Waals surface area contributed by atoms with Crippen molar-refractivity contribution in [3.63, 3.8) is 0 Å². The van der Waals surface area contributed by atoms with Crippen LogP contribution in [0.15, 0.2) is 0 Å². The molecule has 0 aromatic heterocycles. The molecule has 1 amide bonds. The van der Waals surface area contributed by atoms with E-state index in [1.165, 1.54) is 0 Å². The van der Waals surface area contributed by atoms with Crippen molar-refractivity contribution in [2.24, 2.45) is 52.3 Å². The number of nitrogens with one attached hydrogen (secondary N) is 1. The van der Waals surface area contributed by atoms with Gasteiger partial charge in [0.2, 0.25) is 10.0 Å². The largest absolute Gasteiger partial charge is 0.449 e. The lowest BCUT2D eigenvalue weighted by Gasteiger charge is -2.64. The van der Waals surface area contributed by atoms with E-state index in [4.69, 9.17) is 4.74 Å². The number of fused-ring (bicyclic) bond motifs is 5. The predicted molar refractivity (Wildman–Crippen MR) is 149 cm³/mol. The number of ether oxygens (including phenoxy) is 1. The van der Waals surface area contributed by atoms with Crippen molar-refractivity contribution in [3.05, 3.63) is 0 Å². The van der Waals surface area contributed by atoms with Gasteiger partial charge < -0.3 is 14.9 Å². The second-order valence-electron chi connectivity index (χ2n) is 14.7. The third-order valence-electron chi connectivity index (χ3n) is 12.0. The van der Waals surface area contributed by atoms with Crippen molar-refractivity contribution < 1.29 is 28.2 Å². The normalized spacial score (nSPS) is 43.9. The second kappa shape index (κ2) is 10.5. The maximum atomic E-state index is 12.2. The quantitative estimate of drug-likeness (QED) is 0.399. The second-order valence-corrected chi connectivity index (χ2v) is 17.2. The number of rotatable bonds is 6. The predicted octanol–water partition coefficient (Wildman–Crippen LogP) is 5.49. The summed E-state index contributed by atoms with van der Waals surface area (Å²) >= 11 is 0. The lowest BCUT2D eigenvalue weighted by atomic mass is 9.41. The van der Waals surface area contributed by atoms with Crippen LogP contribution in [0.3, 0.4) is 0 Å². The molecule has 0 radical (unpaired) electrons. The van der Waals surface area contributed by atoms with Gasteiger partial charge in [-0.05, 0) is 124 Å². The monoisotopic (exact) mass is 555 g/mol. The van der Waals surface area contributed by atoms with E-state index < -0.39 is 20.9 Å². The van der Waals surface area contributed by atoms with Crippen LogP contribution in [0.25, 0.3) is 0 Å². The Morgan fingerprint density at radius 3 is 2.29 bits per heavy atom. The van der Waals surface area contributed by atoms with Crippen molar-refractivity contribution in [2.75, 3.05) is 6.61 Å². The summed E-state index contributed by atoms with van der Waals surface area (Å²) in [6.45, 7) is 14.2. The molecule has 8 heteroatoms. The smallest absolute Gasteiger partial charge is 0.420 e. The van der Waals surface area contributed by atoms with E-state index in [1.807, 2.05) is 4.72 Å². The standard InChI is InChI=1S/C30H53NO6S/c1-8-20-24-17-19(32)11-14-30(24,7)23-12-15-29(6)21(9-10-22(29)25(23)26(20)33)18(2)13-16-37-27(34)31-38(35,36)28(3,4)5/h18-26,32-33H,8-17H2,1-7H3,(H,31,34)/t18-,19-,20-,21-,22+,23+,24+,25+,26-,29-,30-/m1/s1. The minimum Gasteiger partial charge on any atom is -0.449 e. The number of aliphatic hydroxyl groups is 2. The number of aliphatic hydroxyl groups excluding tert-OH is 2. The highest BCUT2D eigenvalue weighted by atomic mass is 32.2. The summed E-state index contributed by atoms with van der Waals surface area (Å²) in [5, 5.41) is 22.3. The van der Waals surface area contributed by atoms with Crippen LogP contribution in [0, 0.1) is 52.3 Å². The first kappa shape index (κ1) is 30.1. The lowest BCUT2D eigenvalue weighted by Crippen LogP contribution is -2.62. The molecule has 0 bridgehead atoms. The van der Waals surface area contributed by atoms with Crippen molar-refractivity contribution >= 4 is 16.1 Å². The topological polar surface area (TPSA) is 113 Å². The molecule has 0 saturated heterocycles. The summed E-state index contributed by atoms with van der Waals surface area (Å²) in [5.41, 5.74) is 0.346. The highest BCUT2D eigenvalue weighted by molar-refractivity contribution is 7.91. The molecule has 220 valence electrons. The van der Waals surface area contributed by atoms with Gasteiger partial charge in [-0.2, -0.15) is 0 Å².